The summed E-state index contributed by atoms with van der Waals surface area (Å²) in [5.41, 5.74) is 2.33. The number of carbonyl (C=O) groups excluding carboxylic acids is 4. The molecule has 3 aromatic rings. The van der Waals surface area contributed by atoms with Gasteiger partial charge in [-0.3, -0.25) is 19.8 Å². The number of esters is 3. The van der Waals surface area contributed by atoms with Gasteiger partial charge >= 0.3 is 24.0 Å². The van der Waals surface area contributed by atoms with Crippen molar-refractivity contribution in [2.45, 2.75) is 110 Å². The summed E-state index contributed by atoms with van der Waals surface area (Å²) in [4.78, 5) is 51.0. The maximum atomic E-state index is 13.5. The molecule has 2 fully saturated rings. The van der Waals surface area contributed by atoms with Gasteiger partial charge in [0.15, 0.2) is 24.6 Å². The first-order valence-corrected chi connectivity index (χ1v) is 22.7. The number of hydrogen-bond acceptors (Lipinski definition) is 16. The molecule has 0 bridgehead atoms. The molecular weight excluding hydrogens is 1010 g/mol. The van der Waals surface area contributed by atoms with Crippen LogP contribution >= 0.6 is 69.6 Å². The van der Waals surface area contributed by atoms with Crippen LogP contribution in [0.4, 0.5) is 4.79 Å². The van der Waals surface area contributed by atoms with Crippen molar-refractivity contribution in [1.82, 2.24) is 5.32 Å². The highest BCUT2D eigenvalue weighted by atomic mass is 35.6. The van der Waals surface area contributed by atoms with Gasteiger partial charge in [-0.05, 0) is 16.7 Å². The highest BCUT2D eigenvalue weighted by Gasteiger charge is 2.57. The Morgan fingerprint density at radius 2 is 1.07 bits per heavy atom. The van der Waals surface area contributed by atoms with Crippen LogP contribution in [0.3, 0.4) is 0 Å². The zero-order chi connectivity index (χ0) is 48.7. The van der Waals surface area contributed by atoms with Crippen LogP contribution in [0.5, 0.6) is 0 Å². The molecule has 17 nitrogen and oxygen atoms in total. The number of nitrogens with one attached hydrogen (secondary N) is 2. The third-order valence-corrected chi connectivity index (χ3v) is 10.5. The summed E-state index contributed by atoms with van der Waals surface area (Å²) in [6.07, 6.45) is -14.6. The van der Waals surface area contributed by atoms with E-state index in [1.165, 1.54) is 0 Å². The summed E-state index contributed by atoms with van der Waals surface area (Å²) >= 11 is 36.1. The lowest BCUT2D eigenvalue weighted by Crippen LogP contribution is -2.69. The summed E-state index contributed by atoms with van der Waals surface area (Å²) in [5, 5.41) is 11.2. The first kappa shape index (κ1) is 54.3. The van der Waals surface area contributed by atoms with Crippen molar-refractivity contribution in [3.05, 3.63) is 108 Å². The van der Waals surface area contributed by atoms with Gasteiger partial charge in [0.1, 0.15) is 43.7 Å². The predicted molar refractivity (Wildman–Crippen MR) is 244 cm³/mol. The van der Waals surface area contributed by atoms with E-state index in [1.807, 2.05) is 78.9 Å². The Kier molecular flexibility index (Phi) is 20.9. The number of alkyl halides is 6. The van der Waals surface area contributed by atoms with Crippen molar-refractivity contribution < 1.29 is 71.3 Å². The van der Waals surface area contributed by atoms with Crippen molar-refractivity contribution >= 4 is 99.5 Å². The topological polar surface area (TPSA) is 206 Å². The molecule has 67 heavy (non-hydrogen) atoms. The number of ether oxygens (including phenoxy) is 11. The van der Waals surface area contributed by atoms with Crippen LogP contribution in [0.1, 0.15) is 37.5 Å². The second-order valence-corrected chi connectivity index (χ2v) is 19.8. The first-order chi connectivity index (χ1) is 31.8. The van der Waals surface area contributed by atoms with Gasteiger partial charge in [0.2, 0.25) is 16.0 Å². The van der Waals surface area contributed by atoms with Crippen molar-refractivity contribution in [3.63, 3.8) is 0 Å². The molecule has 2 N–H and O–H groups in total. The Hall–Kier alpha value is -3.69. The van der Waals surface area contributed by atoms with E-state index in [4.69, 9.17) is 127 Å². The fourth-order valence-electron chi connectivity index (χ4n) is 6.88. The average molecular weight is 1060 g/mol. The molecule has 0 saturated carbocycles. The number of alkyl carbamates (subject to hydrolysis) is 1. The molecule has 2 aliphatic rings. The lowest BCUT2D eigenvalue weighted by atomic mass is 9.95. The van der Waals surface area contributed by atoms with Gasteiger partial charge < -0.3 is 57.4 Å². The summed E-state index contributed by atoms with van der Waals surface area (Å²) < 4.78 is 62.5. The van der Waals surface area contributed by atoms with Gasteiger partial charge in [0.25, 0.3) is 3.79 Å². The Balaban J connectivity index is 1.65. The second-order valence-electron chi connectivity index (χ2n) is 15.0. The normalized spacial score (nSPS) is 25.3. The largest absolute Gasteiger partial charge is 0.463 e. The van der Waals surface area contributed by atoms with E-state index in [1.54, 1.807) is 12.1 Å². The number of amides is 1. The Bertz CT molecular complexity index is 2070. The standard InChI is InChI=1S/C44H48Cl6N2O15/c1-25(53)58-23-32-35(62-26(2)54)36(63-27(3)55)33(52-42(56)61-24-43(45,46)47)39(64-32)66-38-37(60-21-30-17-11-6-12-18-30)34(59-20-29-15-9-5-10-16-29)31(22-57-19-28-13-7-4-8-14-28)65-40(38)67-41(51)44(48,49)50/h4-18,31-40,51H,19-24H2,1-3H3,(H,52,56)/t31?,32?,33?,34-,35-,36?,37?,38?,39+,40-/m1/s1. The van der Waals surface area contributed by atoms with Gasteiger partial charge in [-0.1, -0.05) is 161 Å². The quantitative estimate of drug-likeness (QED) is 0.0393. The van der Waals surface area contributed by atoms with Gasteiger partial charge in [-0.25, -0.2) is 4.79 Å². The SMILES string of the molecule is CC(=O)OCC1O[C@@H](OC2C(OCc3ccccc3)[C@H](OCc3ccccc3)C(COCc3ccccc3)O[C@@H]2OC(=N)C(Cl)(Cl)Cl)C(NC(=O)OCC(Cl)(Cl)Cl)C(OC(C)=O)[C@@H]1OC(C)=O. The molecule has 0 aromatic heterocycles. The molecular formula is C44H48Cl6N2O15. The Morgan fingerprint density at radius 3 is 1.58 bits per heavy atom. The summed E-state index contributed by atoms with van der Waals surface area (Å²) in [6, 6.07) is 25.9. The predicted octanol–water partition coefficient (Wildman–Crippen LogP) is 7.46. The van der Waals surface area contributed by atoms with Crippen LogP contribution in [0.2, 0.25) is 0 Å². The molecule has 2 saturated heterocycles. The Morgan fingerprint density at radius 1 is 0.582 bits per heavy atom. The van der Waals surface area contributed by atoms with E-state index in [-0.39, 0.29) is 26.4 Å². The summed E-state index contributed by atoms with van der Waals surface area (Å²) in [6.45, 7) is 1.85. The van der Waals surface area contributed by atoms with Crippen LogP contribution in [-0.4, -0.2) is 119 Å². The lowest BCUT2D eigenvalue weighted by Gasteiger charge is -2.49. The minimum atomic E-state index is -2.43. The lowest BCUT2D eigenvalue weighted by molar-refractivity contribution is -0.355. The van der Waals surface area contributed by atoms with E-state index in [2.05, 4.69) is 5.32 Å². The molecule has 2 heterocycles. The van der Waals surface area contributed by atoms with E-state index in [9.17, 15) is 19.2 Å². The second kappa shape index (κ2) is 25.8. The maximum Gasteiger partial charge on any atom is 0.407 e. The fourth-order valence-corrected chi connectivity index (χ4v) is 7.18. The molecule has 6 unspecified atom stereocenters. The smallest absolute Gasteiger partial charge is 0.407 e. The number of hydrogen-bond donors (Lipinski definition) is 2. The number of benzene rings is 3. The summed E-state index contributed by atoms with van der Waals surface area (Å²) in [5.74, 6) is -3.44. The van der Waals surface area contributed by atoms with Crippen molar-refractivity contribution in [1.29, 1.82) is 5.41 Å². The highest BCUT2D eigenvalue weighted by Crippen LogP contribution is 2.37. The zero-order valence-electron chi connectivity index (χ0n) is 36.1. The van der Waals surface area contributed by atoms with Crippen LogP contribution in [0.25, 0.3) is 0 Å². The van der Waals surface area contributed by atoms with E-state index < -0.39 is 112 Å². The van der Waals surface area contributed by atoms with Gasteiger partial charge in [-0.15, -0.1) is 0 Å². The van der Waals surface area contributed by atoms with Crippen LogP contribution in [-0.2, 0) is 86.3 Å². The van der Waals surface area contributed by atoms with Crippen LogP contribution in [0, 0.1) is 5.41 Å². The molecule has 0 aliphatic carbocycles. The fraction of sp³-hybridized carbons (Fsp3) is 0.477. The Labute approximate surface area is 416 Å². The van der Waals surface area contributed by atoms with Crippen LogP contribution < -0.4 is 5.32 Å². The number of carbonyl (C=O) groups is 4. The average Bonchev–Trinajstić information content (AvgIpc) is 3.26. The molecule has 23 heteroatoms. The van der Waals surface area contributed by atoms with Crippen molar-refractivity contribution in [3.8, 4) is 0 Å². The highest BCUT2D eigenvalue weighted by molar-refractivity contribution is 6.76. The molecule has 5 rings (SSSR count). The third-order valence-electron chi connectivity index (χ3n) is 9.69. The van der Waals surface area contributed by atoms with Gasteiger partial charge in [-0.2, -0.15) is 0 Å². The maximum absolute atomic E-state index is 13.5. The minimum absolute atomic E-state index is 0.0136. The monoisotopic (exact) mass is 1050 g/mol. The molecule has 1 amide bonds. The summed E-state index contributed by atoms with van der Waals surface area (Å²) in [7, 11) is 0. The molecule has 366 valence electrons. The van der Waals surface area contributed by atoms with E-state index in [0.717, 1.165) is 31.9 Å². The molecule has 0 radical (unpaired) electrons. The molecule has 0 spiro atoms. The third kappa shape index (κ3) is 17.7. The zero-order valence-corrected chi connectivity index (χ0v) is 40.6. The van der Waals surface area contributed by atoms with Crippen molar-refractivity contribution in [2.24, 2.45) is 0 Å². The number of rotatable bonds is 19. The van der Waals surface area contributed by atoms with Crippen LogP contribution in [0.15, 0.2) is 91.0 Å². The van der Waals surface area contributed by atoms with E-state index >= 15 is 0 Å². The number of halogens is 6. The van der Waals surface area contributed by atoms with Gasteiger partial charge in [0, 0.05) is 20.8 Å². The van der Waals surface area contributed by atoms with Gasteiger partial charge in [0.05, 0.1) is 26.4 Å². The molecule has 10 atom stereocenters. The van der Waals surface area contributed by atoms with E-state index in [0.29, 0.717) is 5.56 Å². The van der Waals surface area contributed by atoms with Crippen molar-refractivity contribution in [2.75, 3.05) is 19.8 Å². The molecule has 3 aromatic carbocycles. The molecule has 2 aliphatic heterocycles. The first-order valence-electron chi connectivity index (χ1n) is 20.5. The minimum Gasteiger partial charge on any atom is -0.463 e.